The molecule has 4 aromatic rings. The van der Waals surface area contributed by atoms with Crippen molar-refractivity contribution >= 4 is 40.9 Å². The molecular weight excluding hydrogens is 533 g/mol. The number of nitrogens with zero attached hydrogens (tertiary/aromatic N) is 3. The number of benzene rings is 3. The number of thioether (sulfide) groups is 1. The number of aromatic nitrogens is 3. The van der Waals surface area contributed by atoms with Crippen LogP contribution < -0.4 is 20.1 Å². The second kappa shape index (κ2) is 12.9. The third-order valence-corrected chi connectivity index (χ3v) is 6.30. The SMILES string of the molecule is COc1ccc(NC(=O)CSc2nnc(CNC(=O)COc3ccc(Cl)cc3)n2-c2ccc(F)cc2)cc1. The first-order valence-electron chi connectivity index (χ1n) is 11.3. The molecule has 1 aromatic heterocycles. The topological polar surface area (TPSA) is 107 Å². The van der Waals surface area contributed by atoms with Crippen molar-refractivity contribution in [2.24, 2.45) is 0 Å². The van der Waals surface area contributed by atoms with E-state index in [0.717, 1.165) is 11.8 Å². The molecule has 38 heavy (non-hydrogen) atoms. The summed E-state index contributed by atoms with van der Waals surface area (Å²) in [7, 11) is 1.57. The number of anilines is 1. The van der Waals surface area contributed by atoms with Gasteiger partial charge in [-0.25, -0.2) is 4.39 Å². The predicted molar refractivity (Wildman–Crippen MR) is 142 cm³/mol. The fraction of sp³-hybridized carbons (Fsp3) is 0.154. The zero-order valence-corrected chi connectivity index (χ0v) is 21.8. The van der Waals surface area contributed by atoms with Crippen LogP contribution in [0.5, 0.6) is 11.5 Å². The minimum absolute atomic E-state index is 0.0335. The summed E-state index contributed by atoms with van der Waals surface area (Å²) in [6, 6.07) is 19.4. The second-order valence-electron chi connectivity index (χ2n) is 7.80. The van der Waals surface area contributed by atoms with Gasteiger partial charge in [0.2, 0.25) is 5.91 Å². The number of carbonyl (C=O) groups is 2. The van der Waals surface area contributed by atoms with E-state index >= 15 is 0 Å². The Balaban J connectivity index is 1.40. The van der Waals surface area contributed by atoms with Crippen LogP contribution in [0.3, 0.4) is 0 Å². The Hall–Kier alpha value is -4.09. The first-order valence-corrected chi connectivity index (χ1v) is 12.7. The standard InChI is InChI=1S/C26H23ClFN5O4S/c1-36-21-12-6-19(7-13-21)30-25(35)16-38-26-32-31-23(33(26)20-8-4-18(28)5-9-20)14-29-24(34)15-37-22-10-2-17(27)3-11-22/h2-13H,14-16H2,1H3,(H,29,34)(H,30,35). The molecule has 0 radical (unpaired) electrons. The van der Waals surface area contributed by atoms with E-state index in [9.17, 15) is 14.0 Å². The Morgan fingerprint density at radius 1 is 0.947 bits per heavy atom. The fourth-order valence-corrected chi connectivity index (χ4v) is 4.16. The van der Waals surface area contributed by atoms with Crippen LogP contribution in [-0.2, 0) is 16.1 Å². The number of halogens is 2. The number of hydrogen-bond donors (Lipinski definition) is 2. The molecule has 0 saturated heterocycles. The number of methoxy groups -OCH3 is 1. The molecule has 0 bridgehead atoms. The molecule has 4 rings (SSSR count). The van der Waals surface area contributed by atoms with Crippen LogP contribution in [-0.4, -0.2) is 46.0 Å². The van der Waals surface area contributed by atoms with Gasteiger partial charge in [-0.2, -0.15) is 0 Å². The summed E-state index contributed by atoms with van der Waals surface area (Å²) >= 11 is 7.01. The van der Waals surface area contributed by atoms with Gasteiger partial charge in [0.1, 0.15) is 17.3 Å². The molecule has 0 aliphatic heterocycles. The lowest BCUT2D eigenvalue weighted by Gasteiger charge is -2.12. The highest BCUT2D eigenvalue weighted by Crippen LogP contribution is 2.23. The highest BCUT2D eigenvalue weighted by molar-refractivity contribution is 7.99. The van der Waals surface area contributed by atoms with Crippen molar-refractivity contribution in [3.63, 3.8) is 0 Å². The lowest BCUT2D eigenvalue weighted by molar-refractivity contribution is -0.123. The third kappa shape index (κ3) is 7.46. The van der Waals surface area contributed by atoms with E-state index in [2.05, 4.69) is 20.8 Å². The van der Waals surface area contributed by atoms with E-state index in [0.29, 0.717) is 38.9 Å². The number of amides is 2. The van der Waals surface area contributed by atoms with E-state index < -0.39 is 5.82 Å². The van der Waals surface area contributed by atoms with Gasteiger partial charge in [-0.05, 0) is 72.8 Å². The minimum atomic E-state index is -0.399. The van der Waals surface area contributed by atoms with Crippen LogP contribution in [0, 0.1) is 5.82 Å². The summed E-state index contributed by atoms with van der Waals surface area (Å²) < 4.78 is 25.8. The highest BCUT2D eigenvalue weighted by Gasteiger charge is 2.17. The Morgan fingerprint density at radius 3 is 2.32 bits per heavy atom. The van der Waals surface area contributed by atoms with E-state index in [1.165, 1.54) is 12.1 Å². The zero-order valence-electron chi connectivity index (χ0n) is 20.2. The minimum Gasteiger partial charge on any atom is -0.497 e. The van der Waals surface area contributed by atoms with Gasteiger partial charge in [-0.1, -0.05) is 23.4 Å². The zero-order chi connectivity index (χ0) is 26.9. The van der Waals surface area contributed by atoms with Crippen LogP contribution >= 0.6 is 23.4 Å². The average Bonchev–Trinajstić information content (AvgIpc) is 3.34. The van der Waals surface area contributed by atoms with Crippen LogP contribution in [0.25, 0.3) is 5.69 Å². The Morgan fingerprint density at radius 2 is 1.63 bits per heavy atom. The molecule has 196 valence electrons. The summed E-state index contributed by atoms with van der Waals surface area (Å²) in [5.41, 5.74) is 1.21. The lowest BCUT2D eigenvalue weighted by atomic mass is 10.3. The molecule has 0 atom stereocenters. The number of carbonyl (C=O) groups excluding carboxylic acids is 2. The molecule has 12 heteroatoms. The van der Waals surface area contributed by atoms with Gasteiger partial charge >= 0.3 is 0 Å². The number of nitrogens with one attached hydrogen (secondary N) is 2. The van der Waals surface area contributed by atoms with Crippen molar-refractivity contribution in [2.45, 2.75) is 11.7 Å². The largest absolute Gasteiger partial charge is 0.497 e. The van der Waals surface area contributed by atoms with E-state index in [1.807, 2.05) is 0 Å². The third-order valence-electron chi connectivity index (χ3n) is 5.12. The second-order valence-corrected chi connectivity index (χ2v) is 9.17. The van der Waals surface area contributed by atoms with Crippen LogP contribution in [0.2, 0.25) is 5.02 Å². The predicted octanol–water partition coefficient (Wildman–Crippen LogP) is 4.49. The van der Waals surface area contributed by atoms with Crippen LogP contribution in [0.4, 0.5) is 10.1 Å². The molecule has 0 aliphatic rings. The molecule has 1 heterocycles. The van der Waals surface area contributed by atoms with Gasteiger partial charge in [-0.3, -0.25) is 14.2 Å². The Labute approximate surface area is 227 Å². The molecule has 9 nitrogen and oxygen atoms in total. The van der Waals surface area contributed by atoms with E-state index in [1.54, 1.807) is 72.3 Å². The maximum absolute atomic E-state index is 13.6. The number of ether oxygens (including phenoxy) is 2. The quantitative estimate of drug-likeness (QED) is 0.262. The van der Waals surface area contributed by atoms with E-state index in [4.69, 9.17) is 21.1 Å². The summed E-state index contributed by atoms with van der Waals surface area (Å²) in [6.45, 7) is -0.175. The molecule has 0 saturated carbocycles. The van der Waals surface area contributed by atoms with Gasteiger partial charge in [0, 0.05) is 16.4 Å². The van der Waals surface area contributed by atoms with Crippen LogP contribution in [0.15, 0.2) is 78.0 Å². The summed E-state index contributed by atoms with van der Waals surface area (Å²) in [4.78, 5) is 24.9. The van der Waals surface area contributed by atoms with Gasteiger partial charge in [0.15, 0.2) is 17.6 Å². The maximum Gasteiger partial charge on any atom is 0.258 e. The average molecular weight is 556 g/mol. The van der Waals surface area contributed by atoms with Crippen molar-refractivity contribution < 1.29 is 23.5 Å². The Bertz CT molecular complexity index is 1380. The monoisotopic (exact) mass is 555 g/mol. The molecular formula is C26H23ClFN5O4S. The molecule has 0 fully saturated rings. The summed E-state index contributed by atoms with van der Waals surface area (Å²) in [5.74, 6) is 0.613. The smallest absolute Gasteiger partial charge is 0.258 e. The van der Waals surface area contributed by atoms with Crippen molar-refractivity contribution in [1.82, 2.24) is 20.1 Å². The highest BCUT2D eigenvalue weighted by atomic mass is 35.5. The summed E-state index contributed by atoms with van der Waals surface area (Å²) in [5, 5.41) is 14.9. The fourth-order valence-electron chi connectivity index (χ4n) is 3.27. The molecule has 0 aliphatic carbocycles. The van der Waals surface area contributed by atoms with Gasteiger partial charge < -0.3 is 20.1 Å². The first-order chi connectivity index (χ1) is 18.4. The number of hydrogen-bond acceptors (Lipinski definition) is 7. The van der Waals surface area contributed by atoms with Crippen molar-refractivity contribution in [1.29, 1.82) is 0 Å². The molecule has 0 spiro atoms. The van der Waals surface area contributed by atoms with Crippen molar-refractivity contribution in [3.05, 3.63) is 89.5 Å². The number of rotatable bonds is 11. The van der Waals surface area contributed by atoms with Gasteiger partial charge in [0.05, 0.1) is 19.4 Å². The first kappa shape index (κ1) is 27.0. The Kier molecular flexibility index (Phi) is 9.17. The molecule has 0 unspecified atom stereocenters. The van der Waals surface area contributed by atoms with Crippen molar-refractivity contribution in [2.75, 3.05) is 24.8 Å². The van der Waals surface area contributed by atoms with Crippen LogP contribution in [0.1, 0.15) is 5.82 Å². The molecule has 3 aromatic carbocycles. The maximum atomic E-state index is 13.6. The normalized spacial score (nSPS) is 10.6. The van der Waals surface area contributed by atoms with Gasteiger partial charge in [-0.15, -0.1) is 10.2 Å². The molecule has 2 amide bonds. The summed E-state index contributed by atoms with van der Waals surface area (Å²) in [6.07, 6.45) is 0. The molecule has 2 N–H and O–H groups in total. The van der Waals surface area contributed by atoms with Gasteiger partial charge in [0.25, 0.3) is 5.91 Å². The van der Waals surface area contributed by atoms with Crippen molar-refractivity contribution in [3.8, 4) is 17.2 Å². The van der Waals surface area contributed by atoms with E-state index in [-0.39, 0.29) is 30.7 Å². The lowest BCUT2D eigenvalue weighted by Crippen LogP contribution is -2.29.